The highest BCUT2D eigenvalue weighted by Crippen LogP contribution is 2.17. The van der Waals surface area contributed by atoms with E-state index >= 15 is 0 Å². The maximum absolute atomic E-state index is 4.51. The van der Waals surface area contributed by atoms with Gasteiger partial charge in [-0.05, 0) is 33.8 Å². The minimum absolute atomic E-state index is 0.114. The molecular formula is C15H25N3. The van der Waals surface area contributed by atoms with Crippen molar-refractivity contribution in [2.45, 2.75) is 39.8 Å². The topological polar surface area (TPSA) is 28.2 Å². The van der Waals surface area contributed by atoms with E-state index in [0.29, 0.717) is 0 Å². The van der Waals surface area contributed by atoms with Crippen molar-refractivity contribution in [3.05, 3.63) is 36.5 Å². The van der Waals surface area contributed by atoms with Gasteiger partial charge in [0.15, 0.2) is 0 Å². The first kappa shape index (κ1) is 14.7. The van der Waals surface area contributed by atoms with Gasteiger partial charge in [0.05, 0.1) is 0 Å². The molecule has 1 N–H and O–H groups in total. The van der Waals surface area contributed by atoms with Crippen LogP contribution in [0.15, 0.2) is 31.0 Å². The van der Waals surface area contributed by atoms with Gasteiger partial charge in [0.1, 0.15) is 5.82 Å². The normalized spacial score (nSPS) is 11.3. The molecule has 0 aromatic carbocycles. The number of pyridine rings is 1. The lowest BCUT2D eigenvalue weighted by Crippen LogP contribution is -2.36. The van der Waals surface area contributed by atoms with Crippen LogP contribution in [0.1, 0.15) is 33.3 Å². The molecule has 0 aliphatic heterocycles. The van der Waals surface area contributed by atoms with E-state index in [2.05, 4.69) is 55.5 Å². The average Bonchev–Trinajstić information content (AvgIpc) is 2.33. The molecule has 0 aliphatic rings. The third-order valence-corrected chi connectivity index (χ3v) is 2.71. The van der Waals surface area contributed by atoms with Crippen molar-refractivity contribution in [3.8, 4) is 0 Å². The van der Waals surface area contributed by atoms with E-state index in [1.54, 1.807) is 0 Å². The lowest BCUT2D eigenvalue weighted by atomic mass is 10.1. The van der Waals surface area contributed by atoms with Gasteiger partial charge in [-0.15, -0.1) is 6.58 Å². The molecule has 1 rings (SSSR count). The predicted octanol–water partition coefficient (Wildman–Crippen LogP) is 2.98. The van der Waals surface area contributed by atoms with Crippen LogP contribution in [0.2, 0.25) is 0 Å². The molecule has 3 heteroatoms. The second-order valence-electron chi connectivity index (χ2n) is 5.42. The Labute approximate surface area is 111 Å². The Morgan fingerprint density at radius 2 is 2.17 bits per heavy atom. The first-order chi connectivity index (χ1) is 8.48. The number of nitrogens with zero attached hydrogens (tertiary/aromatic N) is 2. The Bertz CT molecular complexity index is 380. The van der Waals surface area contributed by atoms with Crippen LogP contribution in [0.5, 0.6) is 0 Å². The molecule has 0 atom stereocenters. The number of hydrogen-bond acceptors (Lipinski definition) is 3. The van der Waals surface area contributed by atoms with Gasteiger partial charge in [-0.2, -0.15) is 0 Å². The van der Waals surface area contributed by atoms with E-state index < -0.39 is 0 Å². The van der Waals surface area contributed by atoms with Gasteiger partial charge in [0, 0.05) is 36.9 Å². The molecule has 0 bridgehead atoms. The molecule has 3 nitrogen and oxygen atoms in total. The molecule has 0 unspecified atom stereocenters. The summed E-state index contributed by atoms with van der Waals surface area (Å²) in [5.74, 6) is 1.05. The van der Waals surface area contributed by atoms with Gasteiger partial charge in [0.25, 0.3) is 0 Å². The van der Waals surface area contributed by atoms with Crippen molar-refractivity contribution in [2.24, 2.45) is 0 Å². The highest BCUT2D eigenvalue weighted by atomic mass is 15.2. The Morgan fingerprint density at radius 1 is 1.44 bits per heavy atom. The summed E-state index contributed by atoms with van der Waals surface area (Å²) in [6, 6.07) is 4.12. The monoisotopic (exact) mass is 247 g/mol. The van der Waals surface area contributed by atoms with Crippen LogP contribution in [0.25, 0.3) is 0 Å². The number of hydrogen-bond donors (Lipinski definition) is 1. The average molecular weight is 247 g/mol. The summed E-state index contributed by atoms with van der Waals surface area (Å²) < 4.78 is 0. The first-order valence-electron chi connectivity index (χ1n) is 6.52. The quantitative estimate of drug-likeness (QED) is 0.783. The number of rotatable bonds is 6. The maximum atomic E-state index is 4.51. The van der Waals surface area contributed by atoms with Crippen LogP contribution >= 0.6 is 0 Å². The largest absolute Gasteiger partial charge is 0.353 e. The lowest BCUT2D eigenvalue weighted by Gasteiger charge is -2.25. The minimum atomic E-state index is 0.114. The maximum Gasteiger partial charge on any atom is 0.133 e. The molecule has 1 aromatic rings. The summed E-state index contributed by atoms with van der Waals surface area (Å²) in [7, 11) is 0. The minimum Gasteiger partial charge on any atom is -0.353 e. The van der Waals surface area contributed by atoms with Gasteiger partial charge in [0.2, 0.25) is 0 Å². The van der Waals surface area contributed by atoms with Crippen molar-refractivity contribution in [1.82, 2.24) is 10.3 Å². The van der Waals surface area contributed by atoms with Gasteiger partial charge in [-0.25, -0.2) is 4.98 Å². The molecule has 0 spiro atoms. The molecule has 0 fully saturated rings. The van der Waals surface area contributed by atoms with Crippen LogP contribution in [0.4, 0.5) is 5.82 Å². The van der Waals surface area contributed by atoms with E-state index in [-0.39, 0.29) is 5.54 Å². The highest BCUT2D eigenvalue weighted by molar-refractivity contribution is 5.47. The zero-order chi connectivity index (χ0) is 13.6. The lowest BCUT2D eigenvalue weighted by molar-refractivity contribution is 0.424. The summed E-state index contributed by atoms with van der Waals surface area (Å²) in [6.45, 7) is 15.1. The zero-order valence-electron chi connectivity index (χ0n) is 12.0. The fourth-order valence-corrected chi connectivity index (χ4v) is 1.73. The first-order valence-corrected chi connectivity index (χ1v) is 6.52. The zero-order valence-corrected chi connectivity index (χ0v) is 12.0. The van der Waals surface area contributed by atoms with Crippen LogP contribution in [-0.2, 0) is 6.54 Å². The summed E-state index contributed by atoms with van der Waals surface area (Å²) >= 11 is 0. The van der Waals surface area contributed by atoms with Gasteiger partial charge < -0.3 is 10.2 Å². The van der Waals surface area contributed by atoms with Crippen molar-refractivity contribution in [3.63, 3.8) is 0 Å². The fourth-order valence-electron chi connectivity index (χ4n) is 1.73. The number of anilines is 1. The number of aromatic nitrogens is 1. The molecule has 1 aromatic heterocycles. The summed E-state index contributed by atoms with van der Waals surface area (Å²) in [5, 5.41) is 3.51. The standard InChI is InChI=1S/C15H25N3/c1-6-11-18(7-2)14-13(9-8-10-16-14)12-17-15(3,4)5/h6,8-10,17H,1,7,11-12H2,2-5H3. The molecular weight excluding hydrogens is 222 g/mol. The van der Waals surface area contributed by atoms with E-state index in [4.69, 9.17) is 0 Å². The van der Waals surface area contributed by atoms with Crippen molar-refractivity contribution >= 4 is 5.82 Å². The summed E-state index contributed by atoms with van der Waals surface area (Å²) in [4.78, 5) is 6.74. The predicted molar refractivity (Wildman–Crippen MR) is 78.9 cm³/mol. The molecule has 0 saturated heterocycles. The molecule has 1 heterocycles. The van der Waals surface area contributed by atoms with Crippen molar-refractivity contribution in [1.29, 1.82) is 0 Å². The van der Waals surface area contributed by atoms with E-state index in [1.807, 2.05) is 18.3 Å². The second-order valence-corrected chi connectivity index (χ2v) is 5.42. The van der Waals surface area contributed by atoms with Crippen LogP contribution < -0.4 is 10.2 Å². The van der Waals surface area contributed by atoms with E-state index in [1.165, 1.54) is 5.56 Å². The van der Waals surface area contributed by atoms with Crippen molar-refractivity contribution in [2.75, 3.05) is 18.0 Å². The highest BCUT2D eigenvalue weighted by Gasteiger charge is 2.13. The van der Waals surface area contributed by atoms with E-state index in [0.717, 1.165) is 25.5 Å². The molecule has 100 valence electrons. The van der Waals surface area contributed by atoms with Gasteiger partial charge >= 0.3 is 0 Å². The second kappa shape index (κ2) is 6.55. The smallest absolute Gasteiger partial charge is 0.133 e. The number of nitrogens with one attached hydrogen (secondary N) is 1. The molecule has 0 aliphatic carbocycles. The van der Waals surface area contributed by atoms with Crippen LogP contribution in [-0.4, -0.2) is 23.6 Å². The molecule has 0 amide bonds. The SMILES string of the molecule is C=CCN(CC)c1ncccc1CNC(C)(C)C. The Hall–Kier alpha value is -1.35. The van der Waals surface area contributed by atoms with Crippen molar-refractivity contribution < 1.29 is 0 Å². The third-order valence-electron chi connectivity index (χ3n) is 2.71. The number of likely N-dealkylation sites (N-methyl/N-ethyl adjacent to an activating group) is 1. The Morgan fingerprint density at radius 3 is 2.72 bits per heavy atom. The third kappa shape index (κ3) is 4.49. The van der Waals surface area contributed by atoms with E-state index in [9.17, 15) is 0 Å². The van der Waals surface area contributed by atoms with Gasteiger partial charge in [-0.3, -0.25) is 0 Å². The fraction of sp³-hybridized carbons (Fsp3) is 0.533. The summed E-state index contributed by atoms with van der Waals surface area (Å²) in [5.41, 5.74) is 1.35. The summed E-state index contributed by atoms with van der Waals surface area (Å²) in [6.07, 6.45) is 3.76. The molecule has 0 radical (unpaired) electrons. The Balaban J connectivity index is 2.87. The van der Waals surface area contributed by atoms with Crippen LogP contribution in [0.3, 0.4) is 0 Å². The van der Waals surface area contributed by atoms with Gasteiger partial charge in [-0.1, -0.05) is 12.1 Å². The molecule has 18 heavy (non-hydrogen) atoms. The van der Waals surface area contributed by atoms with Crippen LogP contribution in [0, 0.1) is 0 Å². The Kier molecular flexibility index (Phi) is 5.35. The molecule has 0 saturated carbocycles.